The number of piperidine rings is 1. The highest BCUT2D eigenvalue weighted by molar-refractivity contribution is 6.32. The van der Waals surface area contributed by atoms with E-state index in [1.807, 2.05) is 24.0 Å². The molecule has 2 aromatic rings. The molecule has 8 heteroatoms. The molecule has 30 heavy (non-hydrogen) atoms. The maximum Gasteiger partial charge on any atom is 0.373 e. The first kappa shape index (κ1) is 21.7. The van der Waals surface area contributed by atoms with Crippen LogP contribution in [0.25, 0.3) is 0 Å². The van der Waals surface area contributed by atoms with E-state index >= 15 is 0 Å². The highest BCUT2D eigenvalue weighted by Crippen LogP contribution is 2.42. The third-order valence-electron chi connectivity index (χ3n) is 5.40. The Balaban J connectivity index is 0.000000806. The number of fused-ring (bicyclic) bond motifs is 1. The topological polar surface area (TPSA) is 93.6 Å². The van der Waals surface area contributed by atoms with Gasteiger partial charge in [0.05, 0.1) is 23.4 Å². The van der Waals surface area contributed by atoms with Gasteiger partial charge in [-0.25, -0.2) is 0 Å². The highest BCUT2D eigenvalue weighted by atomic mass is 35.5. The minimum absolute atomic E-state index is 0.0579. The summed E-state index contributed by atoms with van der Waals surface area (Å²) in [5, 5.41) is 0.462. The zero-order valence-electron chi connectivity index (χ0n) is 16.5. The number of carbonyl (C=O) groups is 2. The number of ether oxygens (including phenoxy) is 1. The Hall–Kier alpha value is -3.02. The fraction of sp³-hybridized carbons (Fsp3) is 0.364. The fourth-order valence-electron chi connectivity index (χ4n) is 3.88. The lowest BCUT2D eigenvalue weighted by Gasteiger charge is -2.44. The first-order valence-electron chi connectivity index (χ1n) is 9.57. The van der Waals surface area contributed by atoms with E-state index in [-0.39, 0.29) is 17.8 Å². The van der Waals surface area contributed by atoms with Gasteiger partial charge in [0.15, 0.2) is 5.78 Å². The number of likely N-dealkylation sites (tertiary alicyclic amines) is 1. The second kappa shape index (κ2) is 9.20. The van der Waals surface area contributed by atoms with Crippen molar-refractivity contribution in [3.8, 4) is 5.75 Å². The van der Waals surface area contributed by atoms with E-state index in [9.17, 15) is 9.59 Å². The molecule has 1 aromatic heterocycles. The summed E-state index contributed by atoms with van der Waals surface area (Å²) in [5.41, 5.74) is 1.87. The van der Waals surface area contributed by atoms with Crippen molar-refractivity contribution in [2.45, 2.75) is 38.2 Å². The number of nitrogens with zero attached hydrogens (tertiary/aromatic N) is 2. The molecule has 0 bridgehead atoms. The summed E-state index contributed by atoms with van der Waals surface area (Å²) < 4.78 is 6.22. The largest absolute Gasteiger partial charge is 0.484 e. The van der Waals surface area contributed by atoms with Crippen molar-refractivity contribution in [1.29, 1.82) is 0 Å². The SMILES string of the molecule is Cc1ccnc(CC(=O)N2CCC3(CC2)CC(=O)c2cccc(Cl)c2O3)c1.O=C=O. The number of Topliss-reactive ketones (excluding diaryl/α,β-unsaturated/α-hetero) is 1. The van der Waals surface area contributed by atoms with Gasteiger partial charge in [-0.3, -0.25) is 14.6 Å². The quantitative estimate of drug-likeness (QED) is 0.729. The van der Waals surface area contributed by atoms with E-state index in [1.54, 1.807) is 24.4 Å². The Bertz CT molecular complexity index is 993. The van der Waals surface area contributed by atoms with Crippen molar-refractivity contribution in [3.63, 3.8) is 0 Å². The van der Waals surface area contributed by atoms with Crippen LogP contribution in [0.3, 0.4) is 0 Å². The van der Waals surface area contributed by atoms with Crippen LogP contribution >= 0.6 is 11.6 Å². The molecule has 0 aliphatic carbocycles. The predicted molar refractivity (Wildman–Crippen MR) is 107 cm³/mol. The minimum Gasteiger partial charge on any atom is -0.484 e. The molecule has 156 valence electrons. The van der Waals surface area contributed by atoms with Crippen LogP contribution in [0.1, 0.15) is 40.9 Å². The molecule has 7 nitrogen and oxygen atoms in total. The fourth-order valence-corrected chi connectivity index (χ4v) is 4.09. The van der Waals surface area contributed by atoms with E-state index in [0.717, 1.165) is 11.3 Å². The number of halogens is 1. The second-order valence-electron chi connectivity index (χ2n) is 7.47. The zero-order chi connectivity index (χ0) is 21.7. The van der Waals surface area contributed by atoms with Crippen molar-refractivity contribution in [3.05, 3.63) is 58.4 Å². The number of aryl methyl sites for hydroxylation is 1. The summed E-state index contributed by atoms with van der Waals surface area (Å²) in [6.07, 6.45) is 3.85. The van der Waals surface area contributed by atoms with Gasteiger partial charge in [0.2, 0.25) is 5.91 Å². The van der Waals surface area contributed by atoms with Crippen LogP contribution in [0.2, 0.25) is 5.02 Å². The van der Waals surface area contributed by atoms with Gasteiger partial charge in [-0.2, -0.15) is 9.59 Å². The molecule has 0 unspecified atom stereocenters. The maximum absolute atomic E-state index is 12.6. The summed E-state index contributed by atoms with van der Waals surface area (Å²) in [5.74, 6) is 0.602. The lowest BCUT2D eigenvalue weighted by Crippen LogP contribution is -2.52. The van der Waals surface area contributed by atoms with Gasteiger partial charge < -0.3 is 9.64 Å². The molecule has 1 aromatic carbocycles. The van der Waals surface area contributed by atoms with E-state index in [0.29, 0.717) is 55.1 Å². The summed E-state index contributed by atoms with van der Waals surface area (Å²) in [4.78, 5) is 47.6. The van der Waals surface area contributed by atoms with E-state index in [1.165, 1.54) is 0 Å². The first-order valence-corrected chi connectivity index (χ1v) is 9.94. The van der Waals surface area contributed by atoms with Crippen molar-refractivity contribution in [2.24, 2.45) is 0 Å². The smallest absolute Gasteiger partial charge is 0.373 e. The first-order chi connectivity index (χ1) is 14.4. The van der Waals surface area contributed by atoms with Crippen molar-refractivity contribution in [2.75, 3.05) is 13.1 Å². The van der Waals surface area contributed by atoms with E-state index in [4.69, 9.17) is 25.9 Å². The Kier molecular flexibility index (Phi) is 6.65. The Labute approximate surface area is 179 Å². The van der Waals surface area contributed by atoms with Crippen LogP contribution in [-0.4, -0.2) is 46.4 Å². The summed E-state index contributed by atoms with van der Waals surface area (Å²) in [6.45, 7) is 3.12. The van der Waals surface area contributed by atoms with Gasteiger partial charge in [-0.1, -0.05) is 17.7 Å². The Morgan fingerprint density at radius 3 is 2.63 bits per heavy atom. The van der Waals surface area contributed by atoms with Gasteiger partial charge in [0.1, 0.15) is 11.4 Å². The van der Waals surface area contributed by atoms with Gasteiger partial charge in [-0.15, -0.1) is 0 Å². The van der Waals surface area contributed by atoms with Crippen molar-refractivity contribution >= 4 is 29.4 Å². The molecule has 2 aliphatic heterocycles. The number of pyridine rings is 1. The van der Waals surface area contributed by atoms with Gasteiger partial charge in [-0.05, 0) is 36.8 Å². The third kappa shape index (κ3) is 4.75. The van der Waals surface area contributed by atoms with E-state index < -0.39 is 5.60 Å². The number of para-hydroxylation sites is 1. The third-order valence-corrected chi connectivity index (χ3v) is 5.70. The highest BCUT2D eigenvalue weighted by Gasteiger charge is 2.44. The lowest BCUT2D eigenvalue weighted by molar-refractivity contribution is -0.191. The molecule has 4 rings (SSSR count). The molecule has 1 amide bonds. The molecule has 2 aliphatic rings. The number of benzene rings is 1. The van der Waals surface area contributed by atoms with Crippen molar-refractivity contribution in [1.82, 2.24) is 9.88 Å². The number of carbonyl (C=O) groups excluding carboxylic acids is 4. The second-order valence-corrected chi connectivity index (χ2v) is 7.87. The number of ketones is 1. The van der Waals surface area contributed by atoms with Crippen LogP contribution in [-0.2, 0) is 20.8 Å². The average Bonchev–Trinajstić information content (AvgIpc) is 2.70. The Morgan fingerprint density at radius 1 is 1.27 bits per heavy atom. The maximum atomic E-state index is 12.6. The van der Waals surface area contributed by atoms with Gasteiger partial charge >= 0.3 is 6.15 Å². The molecular weight excluding hydrogens is 408 g/mol. The normalized spacial score (nSPS) is 16.6. The summed E-state index contributed by atoms with van der Waals surface area (Å²) >= 11 is 6.24. The monoisotopic (exact) mass is 428 g/mol. The van der Waals surface area contributed by atoms with E-state index in [2.05, 4.69) is 4.98 Å². The molecule has 0 N–H and O–H groups in total. The molecule has 1 fully saturated rings. The number of aromatic nitrogens is 1. The summed E-state index contributed by atoms with van der Waals surface area (Å²) in [7, 11) is 0. The predicted octanol–water partition coefficient (Wildman–Crippen LogP) is 3.03. The van der Waals surface area contributed by atoms with Crippen LogP contribution < -0.4 is 4.74 Å². The molecule has 0 atom stereocenters. The number of hydrogen-bond donors (Lipinski definition) is 0. The molecule has 0 radical (unpaired) electrons. The average molecular weight is 429 g/mol. The Morgan fingerprint density at radius 2 is 1.97 bits per heavy atom. The summed E-state index contributed by atoms with van der Waals surface area (Å²) in [6, 6.07) is 9.11. The standard InChI is InChI=1S/C21H21ClN2O3.CO2/c1-14-5-8-23-15(11-14)12-19(26)24-9-6-21(7-10-24)13-18(25)16-3-2-4-17(22)20(16)27-21;2-1-3/h2-5,8,11H,6-7,9-10,12-13H2,1H3;. The number of amides is 1. The van der Waals surface area contributed by atoms with Crippen LogP contribution in [0.4, 0.5) is 0 Å². The number of rotatable bonds is 2. The van der Waals surface area contributed by atoms with Crippen LogP contribution in [0, 0.1) is 6.92 Å². The van der Waals surface area contributed by atoms with Gasteiger partial charge in [0, 0.05) is 37.8 Å². The van der Waals surface area contributed by atoms with Crippen LogP contribution in [0.5, 0.6) is 5.75 Å². The molecular formula is C22H21ClN2O5. The lowest BCUT2D eigenvalue weighted by atomic mass is 9.82. The molecule has 1 spiro atoms. The molecule has 3 heterocycles. The number of hydrogen-bond acceptors (Lipinski definition) is 6. The van der Waals surface area contributed by atoms with Crippen molar-refractivity contribution < 1.29 is 23.9 Å². The minimum atomic E-state index is -0.562. The molecule has 1 saturated heterocycles. The van der Waals surface area contributed by atoms with Crippen LogP contribution in [0.15, 0.2) is 36.5 Å². The zero-order valence-corrected chi connectivity index (χ0v) is 17.3. The van der Waals surface area contributed by atoms with Gasteiger partial charge in [0.25, 0.3) is 0 Å². The molecule has 0 saturated carbocycles.